The van der Waals surface area contributed by atoms with Crippen LogP contribution in [0.2, 0.25) is 5.02 Å². The third-order valence-corrected chi connectivity index (χ3v) is 4.13. The molecular formula is C19H18ClN3O. The Morgan fingerprint density at radius 1 is 1.21 bits per heavy atom. The van der Waals surface area contributed by atoms with Crippen LogP contribution in [0.1, 0.15) is 22.5 Å². The van der Waals surface area contributed by atoms with Gasteiger partial charge in [0.1, 0.15) is 5.69 Å². The number of carbonyl (C=O) groups is 1. The molecule has 5 heteroatoms. The van der Waals surface area contributed by atoms with Gasteiger partial charge in [0.15, 0.2) is 0 Å². The normalized spacial score (nSPS) is 11.2. The minimum atomic E-state index is -0.235. The molecule has 0 spiro atoms. The fourth-order valence-electron chi connectivity index (χ4n) is 2.64. The number of hydrazone groups is 1. The highest BCUT2D eigenvalue weighted by atomic mass is 35.5. The number of nitrogens with one attached hydrogen (secondary N) is 1. The lowest BCUT2D eigenvalue weighted by molar-refractivity contribution is 0.0947. The van der Waals surface area contributed by atoms with Crippen molar-refractivity contribution in [2.75, 3.05) is 0 Å². The Labute approximate surface area is 145 Å². The molecule has 0 bridgehead atoms. The maximum absolute atomic E-state index is 12.3. The molecule has 3 rings (SSSR count). The van der Waals surface area contributed by atoms with E-state index in [0.29, 0.717) is 10.7 Å². The van der Waals surface area contributed by atoms with Crippen LogP contribution >= 0.6 is 11.6 Å². The summed E-state index contributed by atoms with van der Waals surface area (Å²) in [6.07, 6.45) is 3.40. The second kappa shape index (κ2) is 7.32. The van der Waals surface area contributed by atoms with Crippen LogP contribution in [0.5, 0.6) is 0 Å². The summed E-state index contributed by atoms with van der Waals surface area (Å²) in [7, 11) is 1.85. The average Bonchev–Trinajstić information content (AvgIpc) is 2.91. The van der Waals surface area contributed by atoms with E-state index in [2.05, 4.69) is 22.7 Å². The van der Waals surface area contributed by atoms with Crippen LogP contribution in [-0.2, 0) is 13.5 Å². The Morgan fingerprint density at radius 3 is 2.79 bits per heavy atom. The second-order valence-electron chi connectivity index (χ2n) is 5.57. The van der Waals surface area contributed by atoms with Gasteiger partial charge in [-0.15, -0.1) is 0 Å². The van der Waals surface area contributed by atoms with Crippen molar-refractivity contribution in [3.8, 4) is 0 Å². The Morgan fingerprint density at radius 2 is 2.00 bits per heavy atom. The van der Waals surface area contributed by atoms with E-state index >= 15 is 0 Å². The monoisotopic (exact) mass is 339 g/mol. The van der Waals surface area contributed by atoms with Crippen molar-refractivity contribution < 1.29 is 4.79 Å². The number of fused-ring (bicyclic) bond motifs is 1. The van der Waals surface area contributed by atoms with Gasteiger partial charge in [0, 0.05) is 29.2 Å². The molecule has 0 aliphatic carbocycles. The molecule has 1 N–H and O–H groups in total. The quantitative estimate of drug-likeness (QED) is 0.550. The zero-order valence-electron chi connectivity index (χ0n) is 13.4. The Bertz CT molecular complexity index is 884. The molecule has 0 saturated heterocycles. The fraction of sp³-hybridized carbons (Fsp3) is 0.158. The van der Waals surface area contributed by atoms with E-state index in [9.17, 15) is 4.79 Å². The summed E-state index contributed by atoms with van der Waals surface area (Å²) < 4.78 is 1.83. The third-order valence-electron chi connectivity index (χ3n) is 3.90. The Hall–Kier alpha value is -2.59. The summed E-state index contributed by atoms with van der Waals surface area (Å²) in [6.45, 7) is 0. The lowest BCUT2D eigenvalue weighted by Gasteiger charge is -2.02. The number of amides is 1. The highest BCUT2D eigenvalue weighted by molar-refractivity contribution is 6.31. The van der Waals surface area contributed by atoms with Crippen molar-refractivity contribution in [3.05, 3.63) is 70.9 Å². The van der Waals surface area contributed by atoms with Crippen molar-refractivity contribution in [3.63, 3.8) is 0 Å². The predicted octanol–water partition coefficient (Wildman–Crippen LogP) is 4.18. The van der Waals surface area contributed by atoms with E-state index in [4.69, 9.17) is 11.6 Å². The van der Waals surface area contributed by atoms with Crippen molar-refractivity contribution in [1.29, 1.82) is 0 Å². The molecule has 2 aromatic carbocycles. The summed E-state index contributed by atoms with van der Waals surface area (Å²) in [5.74, 6) is -0.235. The van der Waals surface area contributed by atoms with Crippen LogP contribution in [0.15, 0.2) is 59.7 Å². The van der Waals surface area contributed by atoms with Crippen LogP contribution in [0.25, 0.3) is 10.9 Å². The van der Waals surface area contributed by atoms with Gasteiger partial charge in [-0.2, -0.15) is 5.10 Å². The van der Waals surface area contributed by atoms with Crippen molar-refractivity contribution in [2.24, 2.45) is 12.1 Å². The lowest BCUT2D eigenvalue weighted by Crippen LogP contribution is -2.20. The number of halogens is 1. The number of rotatable bonds is 5. The number of aromatic nitrogens is 1. The molecule has 1 aromatic heterocycles. The van der Waals surface area contributed by atoms with Crippen molar-refractivity contribution in [1.82, 2.24) is 9.99 Å². The van der Waals surface area contributed by atoms with E-state index in [-0.39, 0.29) is 5.91 Å². The highest BCUT2D eigenvalue weighted by Gasteiger charge is 2.12. The SMILES string of the molecule is Cn1c(C(=O)N/N=C\CCc2ccccc2)cc2cc(Cl)ccc21. The van der Waals surface area contributed by atoms with Crippen LogP contribution in [0.3, 0.4) is 0 Å². The van der Waals surface area contributed by atoms with Crippen LogP contribution in [0.4, 0.5) is 0 Å². The maximum Gasteiger partial charge on any atom is 0.287 e. The summed E-state index contributed by atoms with van der Waals surface area (Å²) >= 11 is 6.00. The zero-order chi connectivity index (χ0) is 16.9. The highest BCUT2D eigenvalue weighted by Crippen LogP contribution is 2.22. The molecule has 0 aliphatic heterocycles. The number of aryl methyl sites for hydroxylation is 2. The number of nitrogens with zero attached hydrogens (tertiary/aromatic N) is 2. The third kappa shape index (κ3) is 3.66. The van der Waals surface area contributed by atoms with Gasteiger partial charge in [-0.25, -0.2) is 5.43 Å². The van der Waals surface area contributed by atoms with Gasteiger partial charge in [-0.1, -0.05) is 41.9 Å². The molecule has 3 aromatic rings. The van der Waals surface area contributed by atoms with Gasteiger partial charge in [0.05, 0.1) is 0 Å². The first-order valence-corrected chi connectivity index (χ1v) is 8.14. The standard InChI is InChI=1S/C19H18ClN3O/c1-23-17-10-9-16(20)12-15(17)13-18(23)19(24)22-21-11-5-8-14-6-3-2-4-7-14/h2-4,6-7,9-13H,5,8H2,1H3,(H,22,24)/b21-11-. The molecule has 1 amide bonds. The van der Waals surface area contributed by atoms with E-state index < -0.39 is 0 Å². The molecule has 0 fully saturated rings. The van der Waals surface area contributed by atoms with Gasteiger partial charge >= 0.3 is 0 Å². The van der Waals surface area contributed by atoms with Gasteiger partial charge < -0.3 is 4.57 Å². The van der Waals surface area contributed by atoms with Crippen LogP contribution < -0.4 is 5.43 Å². The molecule has 0 unspecified atom stereocenters. The molecule has 0 saturated carbocycles. The second-order valence-corrected chi connectivity index (χ2v) is 6.01. The number of carbonyl (C=O) groups excluding carboxylic acids is 1. The zero-order valence-corrected chi connectivity index (χ0v) is 14.1. The lowest BCUT2D eigenvalue weighted by atomic mass is 10.1. The number of hydrogen-bond donors (Lipinski definition) is 1. The first-order chi connectivity index (χ1) is 11.6. The molecule has 122 valence electrons. The summed E-state index contributed by atoms with van der Waals surface area (Å²) in [4.78, 5) is 12.3. The largest absolute Gasteiger partial charge is 0.340 e. The first-order valence-electron chi connectivity index (χ1n) is 7.76. The Balaban J connectivity index is 1.61. The van der Waals surface area contributed by atoms with Gasteiger partial charge in [-0.3, -0.25) is 4.79 Å². The molecular weight excluding hydrogens is 322 g/mol. The molecule has 24 heavy (non-hydrogen) atoms. The number of benzene rings is 2. The van der Waals surface area contributed by atoms with Gasteiger partial charge in [-0.05, 0) is 42.7 Å². The topological polar surface area (TPSA) is 46.4 Å². The molecule has 0 atom stereocenters. The summed E-state index contributed by atoms with van der Waals surface area (Å²) in [6, 6.07) is 17.5. The first kappa shape index (κ1) is 16.3. The molecule has 0 aliphatic rings. The van der Waals surface area contributed by atoms with E-state index in [0.717, 1.165) is 23.7 Å². The van der Waals surface area contributed by atoms with Crippen LogP contribution in [0, 0.1) is 0 Å². The van der Waals surface area contributed by atoms with E-state index in [1.165, 1.54) is 5.56 Å². The summed E-state index contributed by atoms with van der Waals surface area (Å²) in [5.41, 5.74) is 5.33. The van der Waals surface area contributed by atoms with Gasteiger partial charge in [0.25, 0.3) is 5.91 Å². The molecule has 0 radical (unpaired) electrons. The minimum Gasteiger partial charge on any atom is -0.340 e. The molecule has 4 nitrogen and oxygen atoms in total. The Kier molecular flexibility index (Phi) is 4.96. The average molecular weight is 340 g/mol. The van der Waals surface area contributed by atoms with Crippen LogP contribution in [-0.4, -0.2) is 16.7 Å². The van der Waals surface area contributed by atoms with E-state index in [1.807, 2.05) is 54.1 Å². The van der Waals surface area contributed by atoms with Crippen molar-refractivity contribution in [2.45, 2.75) is 12.8 Å². The van der Waals surface area contributed by atoms with E-state index in [1.54, 1.807) is 6.21 Å². The van der Waals surface area contributed by atoms with Crippen molar-refractivity contribution >= 4 is 34.6 Å². The smallest absolute Gasteiger partial charge is 0.287 e. The molecule has 1 heterocycles. The minimum absolute atomic E-state index is 0.235. The fourth-order valence-corrected chi connectivity index (χ4v) is 2.82. The predicted molar refractivity (Wildman–Crippen MR) is 98.7 cm³/mol. The summed E-state index contributed by atoms with van der Waals surface area (Å²) in [5, 5.41) is 5.61. The van der Waals surface area contributed by atoms with Gasteiger partial charge in [0.2, 0.25) is 0 Å². The number of hydrogen-bond acceptors (Lipinski definition) is 2. The maximum atomic E-state index is 12.3.